The molecular weight excluding hydrogens is 438 g/mol. The van der Waals surface area contributed by atoms with Crippen molar-refractivity contribution in [2.75, 3.05) is 6.54 Å². The first-order valence-corrected chi connectivity index (χ1v) is 11.2. The fourth-order valence-electron chi connectivity index (χ4n) is 4.61. The lowest BCUT2D eigenvalue weighted by molar-refractivity contribution is -0.189. The number of para-hydroxylation sites is 1. The number of cyclic esters (lactones) is 1. The van der Waals surface area contributed by atoms with Gasteiger partial charge in [0.15, 0.2) is 0 Å². The molecule has 0 saturated carbocycles. The number of esters is 2. The monoisotopic (exact) mass is 461 g/mol. The third-order valence-corrected chi connectivity index (χ3v) is 6.42. The molecule has 0 spiro atoms. The fourth-order valence-corrected chi connectivity index (χ4v) is 4.61. The zero-order valence-corrected chi connectivity index (χ0v) is 18.8. The van der Waals surface area contributed by atoms with E-state index in [0.717, 1.165) is 16.5 Å². The minimum atomic E-state index is -1.78. The van der Waals surface area contributed by atoms with Crippen LogP contribution < -0.4 is 10.9 Å². The maximum absolute atomic E-state index is 13.5. The highest BCUT2D eigenvalue weighted by atomic mass is 16.6. The molecule has 0 fully saturated rings. The summed E-state index contributed by atoms with van der Waals surface area (Å²) >= 11 is 0. The van der Waals surface area contributed by atoms with Crippen molar-refractivity contribution in [1.29, 1.82) is 0 Å². The lowest BCUT2D eigenvalue weighted by Crippen LogP contribution is -2.48. The van der Waals surface area contributed by atoms with Gasteiger partial charge in [0, 0.05) is 22.9 Å². The van der Waals surface area contributed by atoms with Crippen molar-refractivity contribution in [2.45, 2.75) is 45.4 Å². The minimum absolute atomic E-state index is 0.0627. The van der Waals surface area contributed by atoms with E-state index in [1.54, 1.807) is 24.5 Å². The molecule has 0 unspecified atom stereocenters. The number of ether oxygens (including phenoxy) is 2. The minimum Gasteiger partial charge on any atom is -0.457 e. The Balaban J connectivity index is 1.62. The Hall–Kier alpha value is -4.01. The molecule has 34 heavy (non-hydrogen) atoms. The van der Waals surface area contributed by atoms with Gasteiger partial charge in [-0.05, 0) is 24.6 Å². The number of hydrogen-bond acceptors (Lipinski definition) is 7. The Morgan fingerprint density at radius 3 is 2.76 bits per heavy atom. The van der Waals surface area contributed by atoms with Gasteiger partial charge < -0.3 is 19.4 Å². The summed E-state index contributed by atoms with van der Waals surface area (Å²) in [4.78, 5) is 55.3. The highest BCUT2D eigenvalue weighted by Crippen LogP contribution is 2.40. The van der Waals surface area contributed by atoms with Crippen LogP contribution in [0.2, 0.25) is 0 Å². The smallest absolute Gasteiger partial charge is 0.355 e. The normalized spacial score (nSPS) is 18.0. The predicted molar refractivity (Wildman–Crippen MR) is 122 cm³/mol. The molecule has 174 valence electrons. The van der Waals surface area contributed by atoms with Crippen LogP contribution in [-0.2, 0) is 42.6 Å². The molecule has 1 N–H and O–H groups in total. The van der Waals surface area contributed by atoms with Crippen LogP contribution in [0, 0.1) is 0 Å². The first-order valence-electron chi connectivity index (χ1n) is 11.2. The van der Waals surface area contributed by atoms with E-state index in [4.69, 9.17) is 14.5 Å². The standard InChI is InChI=1S/C25H23N3O6/c1-3-20(29)26-11-21(30)34-25(4-2)17-10-19-22-15(9-14-7-5-6-8-18(14)27-22)12-28(19)23(31)16(17)13-33-24(25)32/h5-10H,3-4,11-13H2,1-2H3,(H,26,29)/t25-/m0/s1. The summed E-state index contributed by atoms with van der Waals surface area (Å²) in [6.07, 6.45) is 0.272. The second-order valence-electron chi connectivity index (χ2n) is 8.36. The summed E-state index contributed by atoms with van der Waals surface area (Å²) < 4.78 is 12.6. The number of carbonyl (C=O) groups is 3. The third kappa shape index (κ3) is 3.27. The molecule has 0 bridgehead atoms. The van der Waals surface area contributed by atoms with E-state index in [9.17, 15) is 19.2 Å². The Morgan fingerprint density at radius 2 is 2.00 bits per heavy atom. The number of amides is 1. The van der Waals surface area contributed by atoms with E-state index in [2.05, 4.69) is 5.32 Å². The van der Waals surface area contributed by atoms with Gasteiger partial charge in [-0.2, -0.15) is 0 Å². The molecule has 1 aromatic carbocycles. The van der Waals surface area contributed by atoms with Crippen molar-refractivity contribution in [1.82, 2.24) is 14.9 Å². The van der Waals surface area contributed by atoms with Gasteiger partial charge in [-0.1, -0.05) is 32.0 Å². The van der Waals surface area contributed by atoms with E-state index in [0.29, 0.717) is 23.5 Å². The number of benzene rings is 1. The number of rotatable bonds is 5. The first-order chi connectivity index (χ1) is 16.4. The lowest BCUT2D eigenvalue weighted by Gasteiger charge is -2.35. The number of carbonyl (C=O) groups excluding carboxylic acids is 3. The quantitative estimate of drug-likeness (QED) is 0.453. The van der Waals surface area contributed by atoms with Gasteiger partial charge in [0.2, 0.25) is 11.5 Å². The highest BCUT2D eigenvalue weighted by molar-refractivity contribution is 5.89. The molecule has 0 radical (unpaired) electrons. The summed E-state index contributed by atoms with van der Waals surface area (Å²) in [5, 5.41) is 3.41. The number of nitrogens with zero attached hydrogens (tertiary/aromatic N) is 2. The number of hydrogen-bond donors (Lipinski definition) is 1. The van der Waals surface area contributed by atoms with Crippen LogP contribution in [0.1, 0.15) is 43.4 Å². The van der Waals surface area contributed by atoms with Crippen LogP contribution in [0.4, 0.5) is 0 Å². The Kier molecular flexibility index (Phi) is 5.19. The van der Waals surface area contributed by atoms with E-state index in [1.165, 1.54) is 0 Å². The van der Waals surface area contributed by atoms with Crippen molar-refractivity contribution in [3.8, 4) is 11.4 Å². The topological polar surface area (TPSA) is 117 Å². The molecule has 4 heterocycles. The van der Waals surface area contributed by atoms with E-state index in [1.807, 2.05) is 30.3 Å². The first kappa shape index (κ1) is 21.8. The Labute approximate surface area is 194 Å². The van der Waals surface area contributed by atoms with Crippen LogP contribution >= 0.6 is 0 Å². The highest BCUT2D eigenvalue weighted by Gasteiger charge is 2.50. The van der Waals surface area contributed by atoms with Gasteiger partial charge >= 0.3 is 11.9 Å². The van der Waals surface area contributed by atoms with Gasteiger partial charge in [-0.25, -0.2) is 9.78 Å². The molecule has 1 amide bonds. The van der Waals surface area contributed by atoms with E-state index >= 15 is 0 Å². The van der Waals surface area contributed by atoms with Crippen molar-refractivity contribution in [3.63, 3.8) is 0 Å². The molecule has 3 aromatic rings. The van der Waals surface area contributed by atoms with Crippen molar-refractivity contribution >= 4 is 28.7 Å². The molecule has 5 rings (SSSR count). The summed E-state index contributed by atoms with van der Waals surface area (Å²) in [7, 11) is 0. The van der Waals surface area contributed by atoms with Crippen molar-refractivity contribution in [2.24, 2.45) is 0 Å². The molecule has 2 aliphatic rings. The van der Waals surface area contributed by atoms with Gasteiger partial charge in [0.25, 0.3) is 5.56 Å². The SMILES string of the molecule is CCC(=O)NCC(=O)O[C@]1(CC)C(=O)OCc2c1cc1n(c2=O)Cc2cc3ccccc3nc2-1. The predicted octanol–water partition coefficient (Wildman–Crippen LogP) is 2.16. The molecule has 9 heteroatoms. The van der Waals surface area contributed by atoms with E-state index in [-0.39, 0.29) is 36.5 Å². The second-order valence-corrected chi connectivity index (χ2v) is 8.36. The molecular formula is C25H23N3O6. The van der Waals surface area contributed by atoms with Crippen LogP contribution in [-0.4, -0.2) is 33.9 Å². The van der Waals surface area contributed by atoms with Crippen molar-refractivity contribution < 1.29 is 23.9 Å². The Morgan fingerprint density at radius 1 is 1.21 bits per heavy atom. The zero-order valence-electron chi connectivity index (χ0n) is 18.8. The molecule has 1 atom stereocenters. The van der Waals surface area contributed by atoms with Gasteiger partial charge in [-0.15, -0.1) is 0 Å². The Bertz CT molecular complexity index is 1430. The number of nitrogens with one attached hydrogen (secondary N) is 1. The van der Waals surface area contributed by atoms with Gasteiger partial charge in [0.05, 0.1) is 29.0 Å². The van der Waals surface area contributed by atoms with Crippen LogP contribution in [0.5, 0.6) is 0 Å². The summed E-state index contributed by atoms with van der Waals surface area (Å²) in [5.41, 5.74) is 1.39. The lowest BCUT2D eigenvalue weighted by atomic mass is 9.85. The average molecular weight is 461 g/mol. The second kappa shape index (κ2) is 8.09. The van der Waals surface area contributed by atoms with Crippen LogP contribution in [0.25, 0.3) is 22.3 Å². The third-order valence-electron chi connectivity index (χ3n) is 6.42. The van der Waals surface area contributed by atoms with Gasteiger partial charge in [-0.3, -0.25) is 14.4 Å². The fraction of sp³-hybridized carbons (Fsp3) is 0.320. The zero-order chi connectivity index (χ0) is 24.0. The summed E-state index contributed by atoms with van der Waals surface area (Å²) in [6.45, 7) is 3.09. The summed E-state index contributed by atoms with van der Waals surface area (Å²) in [6, 6.07) is 11.4. The van der Waals surface area contributed by atoms with Crippen LogP contribution in [0.15, 0.2) is 41.2 Å². The molecule has 0 saturated heterocycles. The molecule has 2 aliphatic heterocycles. The average Bonchev–Trinajstić information content (AvgIpc) is 3.20. The molecule has 9 nitrogen and oxygen atoms in total. The largest absolute Gasteiger partial charge is 0.457 e. The summed E-state index contributed by atoms with van der Waals surface area (Å²) in [5.74, 6) is -1.86. The van der Waals surface area contributed by atoms with Crippen LogP contribution in [0.3, 0.4) is 0 Å². The molecule has 2 aromatic heterocycles. The van der Waals surface area contributed by atoms with Gasteiger partial charge in [0.1, 0.15) is 13.2 Å². The number of pyridine rings is 2. The number of fused-ring (bicyclic) bond motifs is 5. The maximum atomic E-state index is 13.5. The maximum Gasteiger partial charge on any atom is 0.355 e. The molecule has 0 aliphatic carbocycles. The van der Waals surface area contributed by atoms with Crippen molar-refractivity contribution in [3.05, 3.63) is 63.4 Å². The van der Waals surface area contributed by atoms with E-state index < -0.39 is 24.1 Å². The number of aromatic nitrogens is 2.